The van der Waals surface area contributed by atoms with E-state index in [1.54, 1.807) is 0 Å². The van der Waals surface area contributed by atoms with Crippen LogP contribution in [-0.4, -0.2) is 102 Å². The van der Waals surface area contributed by atoms with Crippen LogP contribution in [0, 0.1) is 108 Å². The fourth-order valence-electron chi connectivity index (χ4n) is 11.8. The van der Waals surface area contributed by atoms with Crippen molar-refractivity contribution in [3.8, 4) is 0 Å². The molecular weight excluding hydrogens is 1140 g/mol. The van der Waals surface area contributed by atoms with Gasteiger partial charge in [0.1, 0.15) is 0 Å². The zero-order valence-electron chi connectivity index (χ0n) is 50.6. The van der Waals surface area contributed by atoms with Gasteiger partial charge < -0.3 is 55.4 Å². The Morgan fingerprint density at radius 3 is 1.10 bits per heavy atom. The predicted octanol–water partition coefficient (Wildman–Crippen LogP) is 12.7. The Bertz CT molecular complexity index is 1280. The summed E-state index contributed by atoms with van der Waals surface area (Å²) in [5.74, 6) is 9.56. The first-order chi connectivity index (χ1) is 32.1. The Kier molecular flexibility index (Phi) is 39.7. The predicted molar refractivity (Wildman–Crippen MR) is 283 cm³/mol. The van der Waals surface area contributed by atoms with E-state index in [1.165, 1.54) is 0 Å². The summed E-state index contributed by atoms with van der Waals surface area (Å²) in [6.07, 6.45) is 5.20. The molecule has 0 aliphatic carbocycles. The van der Waals surface area contributed by atoms with Crippen molar-refractivity contribution >= 4 is 0 Å². The van der Waals surface area contributed by atoms with Crippen molar-refractivity contribution in [2.75, 3.05) is 13.2 Å². The van der Waals surface area contributed by atoms with Crippen LogP contribution in [0.25, 0.3) is 0 Å². The molecule has 0 spiro atoms. The molecule has 29 unspecified atom stereocenters. The summed E-state index contributed by atoms with van der Waals surface area (Å²) in [6, 6.07) is 0. The summed E-state index contributed by atoms with van der Waals surface area (Å²) in [7, 11) is 0. The third kappa shape index (κ3) is 21.7. The van der Waals surface area contributed by atoms with Crippen molar-refractivity contribution in [3.05, 3.63) is 6.92 Å². The van der Waals surface area contributed by atoms with Crippen LogP contribution in [0.1, 0.15) is 185 Å². The van der Waals surface area contributed by atoms with Crippen LogP contribution in [0.15, 0.2) is 0 Å². The maximum atomic E-state index is 9.55. The molecule has 6 rings (SSSR count). The molecule has 0 bridgehead atoms. The molecule has 0 aromatic carbocycles. The van der Waals surface area contributed by atoms with Crippen molar-refractivity contribution in [1.82, 2.24) is 0 Å². The molecule has 0 aromatic rings. The normalized spacial score (nSPS) is 48.0. The SMILES string of the molecule is CC1OC(CO)C(C)C(C)C1C.CCC1OC(C)C(C)C(C)C1C.CCC1OC(O)C(C)C(C)C1C.CCC1OC(OCC2OC(C)C(C)C(C)C2C)C(C)C(C)C1C.[CH2-]C1CC(C)C(C)C(O)O1.[Y].[Y].[Y]. The van der Waals surface area contributed by atoms with Gasteiger partial charge in [0.05, 0.1) is 62.0 Å². The van der Waals surface area contributed by atoms with Gasteiger partial charge in [-0.1, -0.05) is 151 Å². The summed E-state index contributed by atoms with van der Waals surface area (Å²) < 4.78 is 40.9. The van der Waals surface area contributed by atoms with Crippen molar-refractivity contribution in [2.24, 2.45) is 101 Å². The molecule has 6 saturated heterocycles. The second-order valence-corrected chi connectivity index (χ2v) is 24.1. The molecule has 0 saturated carbocycles. The van der Waals surface area contributed by atoms with Crippen LogP contribution in [0.3, 0.4) is 0 Å². The average molecular weight is 1250 g/mol. The largest absolute Gasteiger partial charge is 0.394 e. The quantitative estimate of drug-likeness (QED) is 0.212. The minimum Gasteiger partial charge on any atom is -0.394 e. The van der Waals surface area contributed by atoms with Gasteiger partial charge in [-0.15, -0.1) is 0 Å². The molecule has 421 valence electrons. The van der Waals surface area contributed by atoms with Gasteiger partial charge in [0, 0.05) is 116 Å². The van der Waals surface area contributed by atoms with E-state index in [-0.39, 0.29) is 153 Å². The molecule has 29 atom stereocenters. The summed E-state index contributed by atoms with van der Waals surface area (Å²) in [4.78, 5) is 0. The molecular formula is C59H115O10Y3-. The molecule has 3 N–H and O–H groups in total. The van der Waals surface area contributed by atoms with Gasteiger partial charge in [-0.05, 0) is 123 Å². The van der Waals surface area contributed by atoms with Crippen molar-refractivity contribution in [2.45, 2.75) is 259 Å². The number of rotatable bonds is 7. The van der Waals surface area contributed by atoms with E-state index < -0.39 is 12.6 Å². The van der Waals surface area contributed by atoms with Gasteiger partial charge in [0.15, 0.2) is 18.9 Å². The van der Waals surface area contributed by atoms with Crippen molar-refractivity contribution < 1.29 is 147 Å². The number of aliphatic hydroxyl groups excluding tert-OH is 3. The van der Waals surface area contributed by atoms with E-state index in [0.29, 0.717) is 108 Å². The summed E-state index contributed by atoms with van der Waals surface area (Å²) in [6.45, 7) is 55.6. The fraction of sp³-hybridized carbons (Fsp3) is 0.983. The summed E-state index contributed by atoms with van der Waals surface area (Å²) in [5.41, 5.74) is 0. The van der Waals surface area contributed by atoms with Crippen LogP contribution < -0.4 is 0 Å². The molecule has 10 nitrogen and oxygen atoms in total. The van der Waals surface area contributed by atoms with Gasteiger partial charge in [0.2, 0.25) is 0 Å². The molecule has 3 radical (unpaired) electrons. The van der Waals surface area contributed by atoms with Crippen LogP contribution >= 0.6 is 0 Å². The minimum absolute atomic E-state index is 0. The Balaban J connectivity index is 0. The van der Waals surface area contributed by atoms with Crippen LogP contribution in [0.2, 0.25) is 0 Å². The first-order valence-electron chi connectivity index (χ1n) is 28.5. The van der Waals surface area contributed by atoms with Crippen molar-refractivity contribution in [3.63, 3.8) is 0 Å². The third-order valence-electron chi connectivity index (χ3n) is 20.2. The minimum atomic E-state index is -0.605. The van der Waals surface area contributed by atoms with E-state index >= 15 is 0 Å². The first-order valence-corrected chi connectivity index (χ1v) is 28.5. The second-order valence-electron chi connectivity index (χ2n) is 24.1. The maximum absolute atomic E-state index is 9.55. The van der Waals surface area contributed by atoms with Gasteiger partial charge in [0.25, 0.3) is 0 Å². The van der Waals surface area contributed by atoms with E-state index in [9.17, 15) is 10.2 Å². The second kappa shape index (κ2) is 37.1. The Morgan fingerprint density at radius 1 is 0.375 bits per heavy atom. The van der Waals surface area contributed by atoms with Crippen LogP contribution in [0.4, 0.5) is 0 Å². The zero-order valence-corrected chi connectivity index (χ0v) is 59.1. The number of hydrogen-bond donors (Lipinski definition) is 3. The molecule has 6 aliphatic rings. The molecule has 6 fully saturated rings. The summed E-state index contributed by atoms with van der Waals surface area (Å²) in [5, 5.41) is 27.9. The molecule has 0 aromatic heterocycles. The molecule has 6 heterocycles. The topological polar surface area (TPSA) is 125 Å². The Labute approximate surface area is 520 Å². The Morgan fingerprint density at radius 2 is 0.694 bits per heavy atom. The van der Waals surface area contributed by atoms with Gasteiger partial charge in [-0.2, -0.15) is 0 Å². The van der Waals surface area contributed by atoms with E-state index in [1.807, 2.05) is 6.92 Å². The van der Waals surface area contributed by atoms with E-state index in [2.05, 4.69) is 159 Å². The summed E-state index contributed by atoms with van der Waals surface area (Å²) >= 11 is 0. The molecule has 6 aliphatic heterocycles. The smallest absolute Gasteiger partial charge is 0.160 e. The number of ether oxygens (including phenoxy) is 7. The van der Waals surface area contributed by atoms with Crippen LogP contribution in [0.5, 0.6) is 0 Å². The average Bonchev–Trinajstić information content (AvgIpc) is 3.32. The molecule has 13 heteroatoms. The van der Waals surface area contributed by atoms with Gasteiger partial charge in [-0.25, -0.2) is 0 Å². The molecule has 0 amide bonds. The monoisotopic (exact) mass is 1250 g/mol. The molecule has 72 heavy (non-hydrogen) atoms. The number of aliphatic hydroxyl groups is 3. The van der Waals surface area contributed by atoms with E-state index in [0.717, 1.165) is 37.5 Å². The van der Waals surface area contributed by atoms with Crippen molar-refractivity contribution in [1.29, 1.82) is 0 Å². The van der Waals surface area contributed by atoms with Crippen LogP contribution in [-0.2, 0) is 131 Å². The third-order valence-corrected chi connectivity index (χ3v) is 20.2. The van der Waals surface area contributed by atoms with Gasteiger partial charge in [-0.3, -0.25) is 0 Å². The zero-order chi connectivity index (χ0) is 52.9. The fourth-order valence-corrected chi connectivity index (χ4v) is 11.8. The first kappa shape index (κ1) is 77.0. The standard InChI is InChI=1S/C20H38O3.C11H22O.2C10H20O2.C8H15O2.3Y/c1-9-18-14(5)12(3)16(7)20(23-18)21-10-19-15(6)11(2)13(4)17(8)22-19;1-6-11-9(4)7(2)8(3)10(5)12-11;1-6-7(2)9(4)12-10(5-11)8(6)3;1-5-9-7(3)6(2)8(4)10(11)12-9;1-5-4-6(2)10-8(9)7(5)3;;;/h11-20H,9-10H2,1-8H3;7-11H,6H2,1-5H3;2*6-11H,5H2,1-4H3;5-9H,2,4H2,1,3H3;;;/q;;;;-1;;;. The number of hydrogen-bond acceptors (Lipinski definition) is 10. The maximum Gasteiger partial charge on any atom is 0.160 e. The Hall–Kier alpha value is 2.91. The van der Waals surface area contributed by atoms with Gasteiger partial charge >= 0.3 is 0 Å². The van der Waals surface area contributed by atoms with E-state index in [4.69, 9.17) is 38.3 Å².